The fourth-order valence-electron chi connectivity index (χ4n) is 2.88. The number of primary amides is 1. The number of nitrogens with zero attached hydrogens (tertiary/aromatic N) is 5. The molecule has 2 amide bonds. The van der Waals surface area contributed by atoms with Gasteiger partial charge in [-0.2, -0.15) is 0 Å². The number of hydrogen-bond acceptors (Lipinski definition) is 7. The Balaban J connectivity index is 1.66. The van der Waals surface area contributed by atoms with Gasteiger partial charge in [0.15, 0.2) is 0 Å². The van der Waals surface area contributed by atoms with Crippen molar-refractivity contribution in [2.45, 2.75) is 25.9 Å². The van der Waals surface area contributed by atoms with Crippen molar-refractivity contribution in [3.05, 3.63) is 47.9 Å². The second-order valence-electron chi connectivity index (χ2n) is 6.72. The van der Waals surface area contributed by atoms with Crippen LogP contribution in [0.2, 0.25) is 0 Å². The lowest BCUT2D eigenvalue weighted by atomic mass is 9.79. The summed E-state index contributed by atoms with van der Waals surface area (Å²) < 4.78 is 1.41. The summed E-state index contributed by atoms with van der Waals surface area (Å²) in [5.74, 6) is -0.621. The van der Waals surface area contributed by atoms with Crippen molar-refractivity contribution in [2.24, 2.45) is 5.73 Å². The smallest absolute Gasteiger partial charge is 0.423 e. The van der Waals surface area contributed by atoms with Gasteiger partial charge in [-0.1, -0.05) is 29.5 Å². The summed E-state index contributed by atoms with van der Waals surface area (Å²) >= 11 is 0. The fourth-order valence-corrected chi connectivity index (χ4v) is 2.88. The van der Waals surface area contributed by atoms with Crippen molar-refractivity contribution in [2.75, 3.05) is 7.05 Å². The first-order valence-corrected chi connectivity index (χ1v) is 8.99. The lowest BCUT2D eigenvalue weighted by Gasteiger charge is -2.17. The van der Waals surface area contributed by atoms with Crippen molar-refractivity contribution in [1.82, 2.24) is 24.9 Å². The monoisotopic (exact) mass is 396 g/mol. The maximum atomic E-state index is 12.5. The average Bonchev–Trinajstić information content (AvgIpc) is 3.13. The van der Waals surface area contributed by atoms with E-state index in [4.69, 9.17) is 5.73 Å². The molecule has 0 aliphatic rings. The molecule has 3 aromatic rings. The second kappa shape index (κ2) is 8.80. The van der Waals surface area contributed by atoms with E-state index in [1.807, 2.05) is 12.1 Å². The predicted molar refractivity (Wildman–Crippen MR) is 106 cm³/mol. The molecular formula is C18H21BN6O4. The van der Waals surface area contributed by atoms with E-state index in [0.717, 1.165) is 5.39 Å². The highest BCUT2D eigenvalue weighted by molar-refractivity contribution is 6.61. The molecular weight excluding hydrogens is 375 g/mol. The number of para-hydroxylation sites is 1. The van der Waals surface area contributed by atoms with Gasteiger partial charge in [0.1, 0.15) is 6.54 Å². The lowest BCUT2D eigenvalue weighted by Crippen LogP contribution is -2.32. The predicted octanol–water partition coefficient (Wildman–Crippen LogP) is -1.42. The Labute approximate surface area is 167 Å². The molecule has 1 aromatic carbocycles. The summed E-state index contributed by atoms with van der Waals surface area (Å²) in [5, 5.41) is 27.6. The molecule has 150 valence electrons. The third-order valence-corrected chi connectivity index (χ3v) is 4.42. The van der Waals surface area contributed by atoms with E-state index in [1.54, 1.807) is 31.4 Å². The summed E-state index contributed by atoms with van der Waals surface area (Å²) in [7, 11) is 0.0169. The van der Waals surface area contributed by atoms with Gasteiger partial charge in [-0.05, 0) is 11.5 Å². The Morgan fingerprint density at radius 3 is 2.72 bits per heavy atom. The molecule has 0 spiro atoms. The maximum absolute atomic E-state index is 12.5. The Morgan fingerprint density at radius 1 is 1.21 bits per heavy atom. The van der Waals surface area contributed by atoms with Gasteiger partial charge in [-0.3, -0.25) is 14.6 Å². The van der Waals surface area contributed by atoms with E-state index in [9.17, 15) is 19.6 Å². The highest BCUT2D eigenvalue weighted by atomic mass is 16.4. The number of benzene rings is 1. The molecule has 2 heterocycles. The van der Waals surface area contributed by atoms with Crippen molar-refractivity contribution in [3.8, 4) is 0 Å². The Hall–Kier alpha value is -3.31. The molecule has 29 heavy (non-hydrogen) atoms. The molecule has 0 unspecified atom stereocenters. The van der Waals surface area contributed by atoms with Crippen LogP contribution in [0.4, 0.5) is 0 Å². The van der Waals surface area contributed by atoms with Crippen molar-refractivity contribution in [1.29, 1.82) is 0 Å². The maximum Gasteiger partial charge on any atom is 0.490 e. The zero-order valence-corrected chi connectivity index (χ0v) is 15.9. The van der Waals surface area contributed by atoms with Crippen LogP contribution in [0, 0.1) is 0 Å². The lowest BCUT2D eigenvalue weighted by molar-refractivity contribution is -0.131. The van der Waals surface area contributed by atoms with Crippen LogP contribution >= 0.6 is 0 Å². The van der Waals surface area contributed by atoms with Crippen LogP contribution in [0.25, 0.3) is 10.9 Å². The number of aryl methyl sites for hydroxylation is 1. The molecule has 2 aromatic heterocycles. The molecule has 10 nitrogen and oxygen atoms in total. The summed E-state index contributed by atoms with van der Waals surface area (Å²) in [6.07, 6.45) is 2.15. The van der Waals surface area contributed by atoms with Gasteiger partial charge in [0.25, 0.3) is 0 Å². The molecule has 0 saturated carbocycles. The summed E-state index contributed by atoms with van der Waals surface area (Å²) in [6.45, 7) is 0.238. The molecule has 0 atom stereocenters. The highest BCUT2D eigenvalue weighted by Gasteiger charge is 2.17. The zero-order valence-electron chi connectivity index (χ0n) is 15.9. The van der Waals surface area contributed by atoms with Crippen molar-refractivity contribution in [3.63, 3.8) is 0 Å². The Bertz CT molecular complexity index is 1040. The molecule has 0 aliphatic carbocycles. The fraction of sp³-hybridized carbons (Fsp3) is 0.278. The van der Waals surface area contributed by atoms with Crippen LogP contribution in [-0.4, -0.2) is 60.9 Å². The van der Waals surface area contributed by atoms with Crippen molar-refractivity contribution >= 4 is 35.3 Å². The van der Waals surface area contributed by atoms with Gasteiger partial charge in [0, 0.05) is 31.5 Å². The van der Waals surface area contributed by atoms with Crippen LogP contribution in [0.15, 0.2) is 36.5 Å². The topological polar surface area (TPSA) is 147 Å². The molecule has 4 N–H and O–H groups in total. The number of nitrogens with two attached hydrogens (primary N) is 1. The SMILES string of the molecule is CN(Cc1ccc2cccc(B(O)O)c2n1)C(=O)Cn1cc(CCC(N)=O)nn1. The quantitative estimate of drug-likeness (QED) is 0.396. The normalized spacial score (nSPS) is 10.9. The summed E-state index contributed by atoms with van der Waals surface area (Å²) in [5.41, 5.74) is 7.11. The largest absolute Gasteiger partial charge is 0.490 e. The van der Waals surface area contributed by atoms with E-state index in [2.05, 4.69) is 15.3 Å². The van der Waals surface area contributed by atoms with Crippen LogP contribution in [0.5, 0.6) is 0 Å². The van der Waals surface area contributed by atoms with Crippen molar-refractivity contribution < 1.29 is 19.6 Å². The van der Waals surface area contributed by atoms with E-state index < -0.39 is 13.0 Å². The molecule has 0 fully saturated rings. The third kappa shape index (κ3) is 5.15. The van der Waals surface area contributed by atoms with Gasteiger partial charge >= 0.3 is 7.12 Å². The van der Waals surface area contributed by atoms with E-state index >= 15 is 0 Å². The minimum atomic E-state index is -1.63. The van der Waals surface area contributed by atoms with Gasteiger partial charge in [0.05, 0.1) is 23.4 Å². The second-order valence-corrected chi connectivity index (χ2v) is 6.72. The number of hydrogen-bond donors (Lipinski definition) is 3. The highest BCUT2D eigenvalue weighted by Crippen LogP contribution is 2.12. The number of amides is 2. The van der Waals surface area contributed by atoms with Gasteiger partial charge in [-0.25, -0.2) is 4.68 Å². The first kappa shape index (κ1) is 20.4. The number of rotatable bonds is 8. The van der Waals surface area contributed by atoms with Crippen LogP contribution in [-0.2, 0) is 29.1 Å². The van der Waals surface area contributed by atoms with Gasteiger partial charge in [-0.15, -0.1) is 5.10 Å². The summed E-state index contributed by atoms with van der Waals surface area (Å²) in [4.78, 5) is 29.3. The molecule has 0 bridgehead atoms. The Morgan fingerprint density at radius 2 is 2.00 bits per heavy atom. The van der Waals surface area contributed by atoms with E-state index in [1.165, 1.54) is 9.58 Å². The standard InChI is InChI=1S/C18H21BN6O4/c1-24(17(27)11-25-10-14(22-23-25)7-8-16(20)26)9-13-6-5-12-3-2-4-15(19(28)29)18(12)21-13/h2-6,10,28-29H,7-9,11H2,1H3,(H2,20,26). The van der Waals surface area contributed by atoms with Crippen LogP contribution in [0.3, 0.4) is 0 Å². The minimum Gasteiger partial charge on any atom is -0.423 e. The number of aromatic nitrogens is 4. The number of likely N-dealkylation sites (N-methyl/N-ethyl adjacent to an activating group) is 1. The molecule has 3 rings (SSSR count). The first-order chi connectivity index (χ1) is 13.8. The Kier molecular flexibility index (Phi) is 6.20. The molecule has 0 aliphatic heterocycles. The van der Waals surface area contributed by atoms with Gasteiger partial charge in [0.2, 0.25) is 11.8 Å². The third-order valence-electron chi connectivity index (χ3n) is 4.42. The first-order valence-electron chi connectivity index (χ1n) is 8.99. The average molecular weight is 396 g/mol. The summed E-state index contributed by atoms with van der Waals surface area (Å²) in [6, 6.07) is 8.76. The van der Waals surface area contributed by atoms with Crippen LogP contribution < -0.4 is 11.2 Å². The van der Waals surface area contributed by atoms with E-state index in [0.29, 0.717) is 28.8 Å². The van der Waals surface area contributed by atoms with E-state index in [-0.39, 0.29) is 25.4 Å². The number of pyridine rings is 1. The van der Waals surface area contributed by atoms with Crippen LogP contribution in [0.1, 0.15) is 17.8 Å². The number of carbonyl (C=O) groups is 2. The minimum absolute atomic E-state index is 0.00570. The molecule has 0 saturated heterocycles. The zero-order chi connectivity index (χ0) is 21.0. The number of carbonyl (C=O) groups excluding carboxylic acids is 2. The van der Waals surface area contributed by atoms with Gasteiger partial charge < -0.3 is 20.7 Å². The molecule has 11 heteroatoms. The molecule has 0 radical (unpaired) electrons. The number of fused-ring (bicyclic) bond motifs is 1.